The zero-order valence-corrected chi connectivity index (χ0v) is 12.9. The third-order valence-corrected chi connectivity index (χ3v) is 4.19. The summed E-state index contributed by atoms with van der Waals surface area (Å²) in [6.45, 7) is -0.126. The lowest BCUT2D eigenvalue weighted by atomic mass is 10.1. The molecule has 1 atom stereocenters. The van der Waals surface area contributed by atoms with E-state index in [1.165, 1.54) is 0 Å². The van der Waals surface area contributed by atoms with Crippen molar-refractivity contribution in [1.29, 1.82) is 0 Å². The lowest BCUT2D eigenvalue weighted by molar-refractivity contribution is 0.105. The molecule has 8 heteroatoms. The number of hydrogen-bond donors (Lipinski definition) is 5. The molecule has 0 amide bonds. The Labute approximate surface area is 136 Å². The third kappa shape index (κ3) is 2.66. The Morgan fingerprint density at radius 2 is 2.14 bits per heavy atom. The van der Waals surface area contributed by atoms with Gasteiger partial charge in [-0.3, -0.25) is 5.10 Å². The first kappa shape index (κ1) is 15.2. The molecular weight excluding hydrogens is 327 g/mol. The topological polar surface area (TPSA) is 97.0 Å². The molecule has 0 aliphatic carbocycles. The molecule has 1 unspecified atom stereocenters. The van der Waals surface area contributed by atoms with Crippen LogP contribution in [0.4, 0.5) is 5.69 Å². The number of benzene rings is 1. The molecule has 1 aromatic carbocycles. The Kier molecular flexibility index (Phi) is 4.26. The van der Waals surface area contributed by atoms with Crippen molar-refractivity contribution in [3.8, 4) is 11.1 Å². The van der Waals surface area contributed by atoms with Crippen LogP contribution in [0.5, 0.6) is 0 Å². The quantitative estimate of drug-likeness (QED) is 0.493. The van der Waals surface area contributed by atoms with Crippen molar-refractivity contribution < 1.29 is 10.2 Å². The van der Waals surface area contributed by atoms with Gasteiger partial charge in [0, 0.05) is 41.1 Å². The summed E-state index contributed by atoms with van der Waals surface area (Å²) in [6.07, 6.45) is 4.45. The Hall–Kier alpha value is -1.73. The molecule has 6 nitrogen and oxygen atoms in total. The number of nitrogens with one attached hydrogen (secondary N) is 3. The molecule has 116 valence electrons. The minimum atomic E-state index is -0.860. The molecule has 0 aliphatic rings. The van der Waals surface area contributed by atoms with Crippen LogP contribution in [0, 0.1) is 0 Å². The monoisotopic (exact) mass is 340 g/mol. The molecular formula is C14H14Cl2N4O2. The number of rotatable bonds is 5. The van der Waals surface area contributed by atoms with E-state index in [4.69, 9.17) is 28.3 Å². The highest BCUT2D eigenvalue weighted by Gasteiger charge is 2.17. The maximum atomic E-state index is 9.52. The summed E-state index contributed by atoms with van der Waals surface area (Å²) in [7, 11) is 0. The first-order chi connectivity index (χ1) is 10.6. The number of aliphatic hydroxyl groups excluding tert-OH is 2. The van der Waals surface area contributed by atoms with Crippen molar-refractivity contribution in [1.82, 2.24) is 15.2 Å². The van der Waals surface area contributed by atoms with E-state index in [1.54, 1.807) is 18.5 Å². The Bertz CT molecular complexity index is 786. The van der Waals surface area contributed by atoms with Gasteiger partial charge >= 0.3 is 0 Å². The number of fused-ring (bicyclic) bond motifs is 1. The van der Waals surface area contributed by atoms with Gasteiger partial charge in [-0.1, -0.05) is 23.2 Å². The van der Waals surface area contributed by atoms with E-state index in [1.807, 2.05) is 6.20 Å². The van der Waals surface area contributed by atoms with Crippen LogP contribution in [0.25, 0.3) is 22.0 Å². The number of H-pyrrole nitrogens is 2. The van der Waals surface area contributed by atoms with E-state index in [2.05, 4.69) is 20.5 Å². The molecule has 0 saturated carbocycles. The fourth-order valence-corrected chi connectivity index (χ4v) is 2.72. The van der Waals surface area contributed by atoms with Crippen molar-refractivity contribution in [2.75, 3.05) is 18.5 Å². The normalized spacial score (nSPS) is 12.7. The van der Waals surface area contributed by atoms with Crippen LogP contribution >= 0.6 is 23.2 Å². The number of aliphatic hydroxyl groups is 2. The molecule has 0 aliphatic heterocycles. The van der Waals surface area contributed by atoms with Gasteiger partial charge in [0.15, 0.2) is 0 Å². The molecule has 5 N–H and O–H groups in total. The highest BCUT2D eigenvalue weighted by Crippen LogP contribution is 2.40. The van der Waals surface area contributed by atoms with Gasteiger partial charge in [0.1, 0.15) is 0 Å². The average molecular weight is 341 g/mol. The predicted octanol–water partition coefficient (Wildman–Crippen LogP) is 2.63. The smallest absolute Gasteiger partial charge is 0.0942 e. The molecule has 3 rings (SSSR count). The Morgan fingerprint density at radius 1 is 1.32 bits per heavy atom. The standard InChI is InChI=1S/C14H14Cl2N4O2/c15-10-1-11(17-4-8(22)6-21)12-9(7-2-19-20-3-7)5-18-14(12)13(10)16/h1-3,5,8,17-18,21-22H,4,6H2,(H,19,20). The van der Waals surface area contributed by atoms with E-state index < -0.39 is 6.10 Å². The molecule has 2 heterocycles. The van der Waals surface area contributed by atoms with E-state index in [9.17, 15) is 5.11 Å². The van der Waals surface area contributed by atoms with Crippen LogP contribution in [0.1, 0.15) is 0 Å². The number of aromatic nitrogens is 3. The van der Waals surface area contributed by atoms with Gasteiger partial charge in [-0.25, -0.2) is 0 Å². The number of halogens is 2. The van der Waals surface area contributed by atoms with Gasteiger partial charge in [0.25, 0.3) is 0 Å². The summed E-state index contributed by atoms with van der Waals surface area (Å²) in [5.74, 6) is 0. The van der Waals surface area contributed by atoms with Gasteiger partial charge in [-0.2, -0.15) is 5.10 Å². The SMILES string of the molecule is OCC(O)CNc1cc(Cl)c(Cl)c2[nH]cc(-c3cn[nH]c3)c12. The first-order valence-electron chi connectivity index (χ1n) is 6.62. The summed E-state index contributed by atoms with van der Waals surface area (Å²) in [5, 5.41) is 29.9. The van der Waals surface area contributed by atoms with Gasteiger partial charge in [-0.05, 0) is 6.07 Å². The van der Waals surface area contributed by atoms with E-state index in [0.717, 1.165) is 16.5 Å². The number of nitrogens with zero attached hydrogens (tertiary/aromatic N) is 1. The highest BCUT2D eigenvalue weighted by atomic mass is 35.5. The average Bonchev–Trinajstić information content (AvgIpc) is 3.17. The number of aromatic amines is 2. The fourth-order valence-electron chi connectivity index (χ4n) is 2.32. The minimum Gasteiger partial charge on any atom is -0.394 e. The van der Waals surface area contributed by atoms with Crippen LogP contribution in [0.2, 0.25) is 10.0 Å². The maximum absolute atomic E-state index is 9.52. The van der Waals surface area contributed by atoms with Crippen molar-refractivity contribution in [2.45, 2.75) is 6.10 Å². The zero-order valence-electron chi connectivity index (χ0n) is 11.4. The van der Waals surface area contributed by atoms with Crippen LogP contribution in [-0.2, 0) is 0 Å². The van der Waals surface area contributed by atoms with E-state index >= 15 is 0 Å². The van der Waals surface area contributed by atoms with Gasteiger partial charge < -0.3 is 20.5 Å². The van der Waals surface area contributed by atoms with Crippen molar-refractivity contribution in [3.05, 3.63) is 34.7 Å². The predicted molar refractivity (Wildman–Crippen MR) is 87.5 cm³/mol. The summed E-state index contributed by atoms with van der Waals surface area (Å²) < 4.78 is 0. The van der Waals surface area contributed by atoms with Crippen molar-refractivity contribution >= 4 is 39.8 Å². The summed E-state index contributed by atoms with van der Waals surface area (Å²) in [5.41, 5.74) is 3.22. The molecule has 3 aromatic rings. The lowest BCUT2D eigenvalue weighted by Crippen LogP contribution is -2.23. The first-order valence-corrected chi connectivity index (χ1v) is 7.38. The second-order valence-corrected chi connectivity index (χ2v) is 5.66. The van der Waals surface area contributed by atoms with E-state index in [-0.39, 0.29) is 13.2 Å². The largest absolute Gasteiger partial charge is 0.394 e. The second-order valence-electron chi connectivity index (χ2n) is 4.88. The minimum absolute atomic E-state index is 0.194. The Balaban J connectivity index is 2.13. The summed E-state index contributed by atoms with van der Waals surface area (Å²) in [6, 6.07) is 1.70. The number of hydrogen-bond acceptors (Lipinski definition) is 4. The van der Waals surface area contributed by atoms with Crippen molar-refractivity contribution in [2.24, 2.45) is 0 Å². The molecule has 22 heavy (non-hydrogen) atoms. The van der Waals surface area contributed by atoms with Gasteiger partial charge in [0.2, 0.25) is 0 Å². The maximum Gasteiger partial charge on any atom is 0.0942 e. The van der Waals surface area contributed by atoms with Crippen LogP contribution in [0.15, 0.2) is 24.7 Å². The molecule has 0 saturated heterocycles. The van der Waals surface area contributed by atoms with Crippen LogP contribution < -0.4 is 5.32 Å². The molecule has 2 aromatic heterocycles. The van der Waals surface area contributed by atoms with Crippen LogP contribution in [-0.4, -0.2) is 44.7 Å². The highest BCUT2D eigenvalue weighted by molar-refractivity contribution is 6.46. The molecule has 0 spiro atoms. The fraction of sp³-hybridized carbons (Fsp3) is 0.214. The van der Waals surface area contributed by atoms with Crippen molar-refractivity contribution in [3.63, 3.8) is 0 Å². The third-order valence-electron chi connectivity index (χ3n) is 3.40. The zero-order chi connectivity index (χ0) is 15.7. The lowest BCUT2D eigenvalue weighted by Gasteiger charge is -2.13. The molecule has 0 radical (unpaired) electrons. The Morgan fingerprint density at radius 3 is 2.82 bits per heavy atom. The van der Waals surface area contributed by atoms with Crippen LogP contribution in [0.3, 0.4) is 0 Å². The molecule has 0 fully saturated rings. The summed E-state index contributed by atoms with van der Waals surface area (Å²) >= 11 is 12.4. The molecule has 0 bridgehead atoms. The van der Waals surface area contributed by atoms with Gasteiger partial charge in [-0.15, -0.1) is 0 Å². The van der Waals surface area contributed by atoms with E-state index in [0.29, 0.717) is 21.2 Å². The number of anilines is 1. The second kappa shape index (κ2) is 6.18. The van der Waals surface area contributed by atoms with Gasteiger partial charge in [0.05, 0.1) is 34.5 Å². The summed E-state index contributed by atoms with van der Waals surface area (Å²) in [4.78, 5) is 3.12.